The Morgan fingerprint density at radius 1 is 1.37 bits per heavy atom. The highest BCUT2D eigenvalue weighted by molar-refractivity contribution is 9.13. The second-order valence-electron chi connectivity index (χ2n) is 4.29. The molecule has 102 valence electrons. The van der Waals surface area contributed by atoms with Crippen LogP contribution in [0.15, 0.2) is 44.2 Å². The van der Waals surface area contributed by atoms with Crippen molar-refractivity contribution in [3.8, 4) is 0 Å². The summed E-state index contributed by atoms with van der Waals surface area (Å²) in [4.78, 5) is 6.18. The van der Waals surface area contributed by atoms with Gasteiger partial charge in [0, 0.05) is 25.5 Å². The monoisotopic (exact) mass is 387 g/mol. The third kappa shape index (κ3) is 3.66. The summed E-state index contributed by atoms with van der Waals surface area (Å²) in [5.41, 5.74) is 7.07. The predicted octanol–water partition coefficient (Wildman–Crippen LogP) is 3.33. The van der Waals surface area contributed by atoms with Gasteiger partial charge in [-0.15, -0.1) is 0 Å². The largest absolute Gasteiger partial charge is 0.451 e. The van der Waals surface area contributed by atoms with Crippen LogP contribution in [-0.4, -0.2) is 23.5 Å². The Kier molecular flexibility index (Phi) is 5.15. The summed E-state index contributed by atoms with van der Waals surface area (Å²) in [6, 6.07) is 5.98. The lowest BCUT2D eigenvalue weighted by Crippen LogP contribution is -2.29. The van der Waals surface area contributed by atoms with Crippen molar-refractivity contribution in [2.24, 2.45) is 5.73 Å². The lowest BCUT2D eigenvalue weighted by Gasteiger charge is -2.25. The highest BCUT2D eigenvalue weighted by Gasteiger charge is 2.20. The van der Waals surface area contributed by atoms with E-state index in [2.05, 4.69) is 41.7 Å². The summed E-state index contributed by atoms with van der Waals surface area (Å²) in [6.45, 7) is 1.29. The fraction of sp³-hybridized carbons (Fsp3) is 0.308. The summed E-state index contributed by atoms with van der Waals surface area (Å²) in [6.07, 6.45) is 3.58. The van der Waals surface area contributed by atoms with E-state index in [9.17, 15) is 0 Å². The zero-order valence-corrected chi connectivity index (χ0v) is 13.7. The number of furan rings is 1. The second kappa shape index (κ2) is 6.65. The third-order valence-electron chi connectivity index (χ3n) is 2.93. The van der Waals surface area contributed by atoms with Gasteiger partial charge in [0.2, 0.25) is 0 Å². The van der Waals surface area contributed by atoms with Crippen molar-refractivity contribution in [3.05, 3.63) is 51.1 Å². The van der Waals surface area contributed by atoms with Gasteiger partial charge >= 0.3 is 0 Å². The van der Waals surface area contributed by atoms with Crippen molar-refractivity contribution >= 4 is 31.9 Å². The van der Waals surface area contributed by atoms with Crippen LogP contribution >= 0.6 is 31.9 Å². The Morgan fingerprint density at radius 2 is 2.05 bits per heavy atom. The first-order valence-corrected chi connectivity index (χ1v) is 7.44. The van der Waals surface area contributed by atoms with Gasteiger partial charge < -0.3 is 10.2 Å². The zero-order valence-electron chi connectivity index (χ0n) is 10.5. The van der Waals surface area contributed by atoms with E-state index in [4.69, 9.17) is 10.2 Å². The van der Waals surface area contributed by atoms with Crippen LogP contribution in [0.25, 0.3) is 0 Å². The summed E-state index contributed by atoms with van der Waals surface area (Å²) in [7, 11) is 2.03. The van der Waals surface area contributed by atoms with Crippen LogP contribution in [0, 0.1) is 0 Å². The molecule has 0 amide bonds. The van der Waals surface area contributed by atoms with Gasteiger partial charge in [-0.25, -0.2) is 0 Å². The highest BCUT2D eigenvalue weighted by atomic mass is 79.9. The lowest BCUT2D eigenvalue weighted by atomic mass is 10.1. The minimum Gasteiger partial charge on any atom is -0.451 e. The predicted molar refractivity (Wildman–Crippen MR) is 81.6 cm³/mol. The van der Waals surface area contributed by atoms with E-state index >= 15 is 0 Å². The summed E-state index contributed by atoms with van der Waals surface area (Å²) >= 11 is 6.77. The van der Waals surface area contributed by atoms with Crippen molar-refractivity contribution < 1.29 is 4.42 Å². The summed E-state index contributed by atoms with van der Waals surface area (Å²) in [5, 5.41) is 0. The molecule has 0 radical (unpaired) electrons. The SMILES string of the molecule is CN(Cc1ccncc1)C(CN)c1cc(Br)c(Br)o1. The minimum absolute atomic E-state index is 0.0377. The molecule has 2 N–H and O–H groups in total. The fourth-order valence-electron chi connectivity index (χ4n) is 1.93. The first-order valence-electron chi connectivity index (χ1n) is 5.85. The molecule has 0 aromatic carbocycles. The van der Waals surface area contributed by atoms with Gasteiger partial charge in [-0.2, -0.15) is 0 Å². The molecule has 6 heteroatoms. The van der Waals surface area contributed by atoms with Gasteiger partial charge in [0.15, 0.2) is 4.67 Å². The maximum atomic E-state index is 5.87. The van der Waals surface area contributed by atoms with Crippen molar-refractivity contribution in [1.82, 2.24) is 9.88 Å². The van der Waals surface area contributed by atoms with E-state index < -0.39 is 0 Å². The highest BCUT2D eigenvalue weighted by Crippen LogP contribution is 2.31. The molecular weight excluding hydrogens is 374 g/mol. The molecule has 1 unspecified atom stereocenters. The quantitative estimate of drug-likeness (QED) is 0.853. The maximum absolute atomic E-state index is 5.87. The number of nitrogens with two attached hydrogens (primary N) is 1. The molecule has 0 aliphatic rings. The molecule has 19 heavy (non-hydrogen) atoms. The van der Waals surface area contributed by atoms with Crippen LogP contribution < -0.4 is 5.73 Å². The average molecular weight is 389 g/mol. The van der Waals surface area contributed by atoms with E-state index in [1.54, 1.807) is 12.4 Å². The van der Waals surface area contributed by atoms with Crippen molar-refractivity contribution in [1.29, 1.82) is 0 Å². The average Bonchev–Trinajstić information content (AvgIpc) is 2.71. The van der Waals surface area contributed by atoms with Gasteiger partial charge in [0.25, 0.3) is 0 Å². The first kappa shape index (κ1) is 14.7. The van der Waals surface area contributed by atoms with Gasteiger partial charge in [-0.05, 0) is 62.7 Å². The Bertz CT molecular complexity index is 510. The number of halogens is 2. The molecule has 0 spiro atoms. The van der Waals surface area contributed by atoms with Crippen LogP contribution in [0.5, 0.6) is 0 Å². The molecule has 2 aromatic heterocycles. The standard InChI is InChI=1S/C13H15Br2N3O/c1-18(8-9-2-4-17-5-3-9)11(7-16)12-6-10(14)13(15)19-12/h2-6,11H,7-8,16H2,1H3. The Labute approximate surface area is 129 Å². The van der Waals surface area contributed by atoms with Crippen molar-refractivity contribution in [3.63, 3.8) is 0 Å². The molecule has 2 aromatic rings. The van der Waals surface area contributed by atoms with Gasteiger partial charge in [-0.1, -0.05) is 0 Å². The number of nitrogens with zero attached hydrogens (tertiary/aromatic N) is 2. The minimum atomic E-state index is 0.0377. The van der Waals surface area contributed by atoms with Crippen molar-refractivity contribution in [2.75, 3.05) is 13.6 Å². The molecule has 0 saturated carbocycles. The lowest BCUT2D eigenvalue weighted by molar-refractivity contribution is 0.211. The maximum Gasteiger partial charge on any atom is 0.183 e. The van der Waals surface area contributed by atoms with Crippen molar-refractivity contribution in [2.45, 2.75) is 12.6 Å². The van der Waals surface area contributed by atoms with Gasteiger partial charge in [0.1, 0.15) is 5.76 Å². The second-order valence-corrected chi connectivity index (χ2v) is 5.87. The fourth-order valence-corrected chi connectivity index (χ4v) is 2.54. The molecular formula is C13H15Br2N3O. The molecule has 0 bridgehead atoms. The van der Waals surface area contributed by atoms with E-state index in [1.807, 2.05) is 25.2 Å². The number of rotatable bonds is 5. The molecule has 1 atom stereocenters. The molecule has 0 aliphatic heterocycles. The van der Waals surface area contributed by atoms with E-state index in [1.165, 1.54) is 5.56 Å². The molecule has 0 fully saturated rings. The molecule has 2 rings (SSSR count). The molecule has 2 heterocycles. The Balaban J connectivity index is 2.13. The Morgan fingerprint density at radius 3 is 2.58 bits per heavy atom. The number of aromatic nitrogens is 1. The van der Waals surface area contributed by atoms with E-state index in [0.717, 1.165) is 16.8 Å². The topological polar surface area (TPSA) is 55.3 Å². The number of hydrogen-bond acceptors (Lipinski definition) is 4. The Hall–Kier alpha value is -0.690. The number of likely N-dealkylation sites (N-methyl/N-ethyl adjacent to an activating group) is 1. The van der Waals surface area contributed by atoms with E-state index in [-0.39, 0.29) is 6.04 Å². The van der Waals surface area contributed by atoms with Crippen LogP contribution in [0.3, 0.4) is 0 Å². The number of pyridine rings is 1. The summed E-state index contributed by atoms with van der Waals surface area (Å²) in [5.74, 6) is 0.845. The van der Waals surface area contributed by atoms with Crippen LogP contribution in [0.4, 0.5) is 0 Å². The molecule has 0 aliphatic carbocycles. The van der Waals surface area contributed by atoms with Crippen LogP contribution in [0.2, 0.25) is 0 Å². The third-order valence-corrected chi connectivity index (χ3v) is 4.64. The zero-order chi connectivity index (χ0) is 13.8. The normalized spacial score (nSPS) is 12.9. The smallest absolute Gasteiger partial charge is 0.183 e. The molecule has 4 nitrogen and oxygen atoms in total. The van der Waals surface area contributed by atoms with Gasteiger partial charge in [0.05, 0.1) is 10.5 Å². The van der Waals surface area contributed by atoms with E-state index in [0.29, 0.717) is 11.2 Å². The number of hydrogen-bond donors (Lipinski definition) is 1. The first-order chi connectivity index (χ1) is 9.11. The van der Waals surface area contributed by atoms with Crippen LogP contribution in [0.1, 0.15) is 17.4 Å². The van der Waals surface area contributed by atoms with Gasteiger partial charge in [-0.3, -0.25) is 9.88 Å². The van der Waals surface area contributed by atoms with Crippen LogP contribution in [-0.2, 0) is 6.54 Å². The molecule has 0 saturated heterocycles. The summed E-state index contributed by atoms with van der Waals surface area (Å²) < 4.78 is 7.26.